The maximum Gasteiger partial charge on any atom is 0.252 e. The van der Waals surface area contributed by atoms with Gasteiger partial charge in [-0.15, -0.1) is 0 Å². The molecular formula is C15H13ClO3. The van der Waals surface area contributed by atoms with Crippen molar-refractivity contribution < 1.29 is 14.3 Å². The Morgan fingerprint density at radius 3 is 2.11 bits per heavy atom. The highest BCUT2D eigenvalue weighted by Gasteiger charge is 2.07. The quantitative estimate of drug-likeness (QED) is 0.798. The number of carbonyl (C=O) groups excluding carboxylic acids is 1. The zero-order chi connectivity index (χ0) is 13.8. The van der Waals surface area contributed by atoms with E-state index in [9.17, 15) is 4.79 Å². The van der Waals surface area contributed by atoms with Gasteiger partial charge in [-0.05, 0) is 40.9 Å². The van der Waals surface area contributed by atoms with Gasteiger partial charge in [0.05, 0.1) is 14.2 Å². The number of benzene rings is 2. The Bertz CT molecular complexity index is 586. The van der Waals surface area contributed by atoms with Gasteiger partial charge in [-0.25, -0.2) is 0 Å². The van der Waals surface area contributed by atoms with Gasteiger partial charge in [0, 0.05) is 11.6 Å². The van der Waals surface area contributed by atoms with Crippen molar-refractivity contribution in [1.29, 1.82) is 0 Å². The normalized spacial score (nSPS) is 10.1. The van der Waals surface area contributed by atoms with Gasteiger partial charge >= 0.3 is 0 Å². The minimum Gasteiger partial charge on any atom is -0.497 e. The van der Waals surface area contributed by atoms with Crippen LogP contribution in [-0.4, -0.2) is 19.5 Å². The number of carbonyl (C=O) groups is 1. The van der Waals surface area contributed by atoms with Crippen LogP contribution in [0.15, 0.2) is 42.5 Å². The summed E-state index contributed by atoms with van der Waals surface area (Å²) < 4.78 is 10.4. The Morgan fingerprint density at radius 1 is 0.947 bits per heavy atom. The third-order valence-corrected chi connectivity index (χ3v) is 2.99. The molecule has 0 N–H and O–H groups in total. The smallest absolute Gasteiger partial charge is 0.252 e. The van der Waals surface area contributed by atoms with Crippen molar-refractivity contribution in [2.75, 3.05) is 14.2 Å². The Labute approximate surface area is 116 Å². The van der Waals surface area contributed by atoms with Crippen LogP contribution in [0.4, 0.5) is 0 Å². The van der Waals surface area contributed by atoms with Crippen LogP contribution in [0.5, 0.6) is 11.5 Å². The fourth-order valence-corrected chi connectivity index (χ4v) is 1.91. The highest BCUT2D eigenvalue weighted by Crippen LogP contribution is 2.30. The fourth-order valence-electron chi connectivity index (χ4n) is 1.80. The van der Waals surface area contributed by atoms with Crippen molar-refractivity contribution >= 4 is 16.8 Å². The summed E-state index contributed by atoms with van der Waals surface area (Å²) in [6.07, 6.45) is 0. The second kappa shape index (κ2) is 5.76. The molecule has 0 aromatic heterocycles. The first-order valence-electron chi connectivity index (χ1n) is 5.67. The number of rotatable bonds is 4. The van der Waals surface area contributed by atoms with Crippen molar-refractivity contribution in [3.63, 3.8) is 0 Å². The molecule has 0 atom stereocenters. The second-order valence-electron chi connectivity index (χ2n) is 3.96. The lowest BCUT2D eigenvalue weighted by Crippen LogP contribution is -1.91. The molecule has 2 aromatic rings. The topological polar surface area (TPSA) is 35.5 Å². The monoisotopic (exact) mass is 276 g/mol. The summed E-state index contributed by atoms with van der Waals surface area (Å²) in [6, 6.07) is 12.6. The Hall–Kier alpha value is -2.00. The van der Waals surface area contributed by atoms with Crippen LogP contribution in [0.3, 0.4) is 0 Å². The van der Waals surface area contributed by atoms with Crippen molar-refractivity contribution in [1.82, 2.24) is 0 Å². The average Bonchev–Trinajstić information content (AvgIpc) is 2.46. The van der Waals surface area contributed by atoms with Crippen molar-refractivity contribution in [3.05, 3.63) is 48.0 Å². The highest BCUT2D eigenvalue weighted by atomic mass is 35.5. The second-order valence-corrected chi connectivity index (χ2v) is 4.30. The molecule has 0 radical (unpaired) electrons. The molecule has 4 heteroatoms. The Balaban J connectivity index is 2.51. The molecule has 2 aromatic carbocycles. The summed E-state index contributed by atoms with van der Waals surface area (Å²) in [7, 11) is 3.19. The van der Waals surface area contributed by atoms with Crippen molar-refractivity contribution in [2.45, 2.75) is 0 Å². The largest absolute Gasteiger partial charge is 0.497 e. The van der Waals surface area contributed by atoms with Gasteiger partial charge in [0.2, 0.25) is 0 Å². The Kier molecular flexibility index (Phi) is 4.07. The molecule has 98 valence electrons. The number of ether oxygens (including phenoxy) is 2. The van der Waals surface area contributed by atoms with Gasteiger partial charge in [-0.2, -0.15) is 0 Å². The summed E-state index contributed by atoms with van der Waals surface area (Å²) in [6.45, 7) is 0. The molecule has 0 aliphatic heterocycles. The number of methoxy groups -OCH3 is 2. The van der Waals surface area contributed by atoms with E-state index in [2.05, 4.69) is 0 Å². The van der Waals surface area contributed by atoms with E-state index in [-0.39, 0.29) is 0 Å². The first-order valence-corrected chi connectivity index (χ1v) is 6.05. The van der Waals surface area contributed by atoms with Crippen LogP contribution in [0, 0.1) is 0 Å². The van der Waals surface area contributed by atoms with E-state index < -0.39 is 5.24 Å². The summed E-state index contributed by atoms with van der Waals surface area (Å²) in [4.78, 5) is 11.2. The van der Waals surface area contributed by atoms with Gasteiger partial charge < -0.3 is 9.47 Å². The summed E-state index contributed by atoms with van der Waals surface area (Å²) in [5.41, 5.74) is 2.24. The van der Waals surface area contributed by atoms with E-state index in [1.54, 1.807) is 38.5 Å². The zero-order valence-corrected chi connectivity index (χ0v) is 11.4. The average molecular weight is 277 g/mol. The van der Waals surface area contributed by atoms with Gasteiger partial charge in [0.15, 0.2) is 0 Å². The highest BCUT2D eigenvalue weighted by molar-refractivity contribution is 6.67. The molecule has 0 saturated heterocycles. The third kappa shape index (κ3) is 3.06. The maximum absolute atomic E-state index is 11.2. The predicted molar refractivity (Wildman–Crippen MR) is 75.2 cm³/mol. The van der Waals surface area contributed by atoms with Gasteiger partial charge in [0.25, 0.3) is 5.24 Å². The molecule has 2 rings (SSSR count). The fraction of sp³-hybridized carbons (Fsp3) is 0.133. The molecule has 0 bridgehead atoms. The maximum atomic E-state index is 11.2. The molecule has 0 fully saturated rings. The van der Waals surface area contributed by atoms with E-state index in [4.69, 9.17) is 21.1 Å². The van der Waals surface area contributed by atoms with Gasteiger partial charge in [0.1, 0.15) is 11.5 Å². The van der Waals surface area contributed by atoms with Crippen LogP contribution in [-0.2, 0) is 0 Å². The number of halogens is 1. The molecule has 0 saturated carbocycles. The summed E-state index contributed by atoms with van der Waals surface area (Å²) in [5.74, 6) is 1.38. The summed E-state index contributed by atoms with van der Waals surface area (Å²) in [5, 5.41) is -0.475. The zero-order valence-electron chi connectivity index (χ0n) is 10.6. The number of hydrogen-bond acceptors (Lipinski definition) is 3. The van der Waals surface area contributed by atoms with Crippen molar-refractivity contribution in [3.8, 4) is 22.6 Å². The molecule has 0 aliphatic carbocycles. The van der Waals surface area contributed by atoms with E-state index >= 15 is 0 Å². The molecular weight excluding hydrogens is 264 g/mol. The van der Waals surface area contributed by atoms with Crippen LogP contribution in [0.25, 0.3) is 11.1 Å². The standard InChI is InChI=1S/C15H13ClO3/c1-18-13-7-12(8-14(9-13)19-2)10-4-3-5-11(6-10)15(16)17/h3-9H,1-2H3. The van der Waals surface area contributed by atoms with Crippen LogP contribution >= 0.6 is 11.6 Å². The molecule has 0 amide bonds. The SMILES string of the molecule is COc1cc(OC)cc(-c2cccc(C(=O)Cl)c2)c1. The molecule has 19 heavy (non-hydrogen) atoms. The van der Waals surface area contributed by atoms with E-state index in [1.807, 2.05) is 18.2 Å². The molecule has 0 unspecified atom stereocenters. The minimum atomic E-state index is -0.475. The lowest BCUT2D eigenvalue weighted by Gasteiger charge is -2.09. The first-order chi connectivity index (χ1) is 9.13. The third-order valence-electron chi connectivity index (χ3n) is 2.77. The van der Waals surface area contributed by atoms with E-state index in [0.29, 0.717) is 17.1 Å². The lowest BCUT2D eigenvalue weighted by atomic mass is 10.0. The van der Waals surface area contributed by atoms with Gasteiger partial charge in [-0.3, -0.25) is 4.79 Å². The predicted octanol–water partition coefficient (Wildman–Crippen LogP) is 3.75. The number of hydrogen-bond donors (Lipinski definition) is 0. The summed E-state index contributed by atoms with van der Waals surface area (Å²) >= 11 is 5.49. The van der Waals surface area contributed by atoms with Crippen molar-refractivity contribution in [2.24, 2.45) is 0 Å². The molecule has 0 spiro atoms. The van der Waals surface area contributed by atoms with E-state index in [1.165, 1.54) is 0 Å². The van der Waals surface area contributed by atoms with Crippen LogP contribution in [0.2, 0.25) is 0 Å². The van der Waals surface area contributed by atoms with E-state index in [0.717, 1.165) is 11.1 Å². The van der Waals surface area contributed by atoms with Gasteiger partial charge in [-0.1, -0.05) is 18.2 Å². The lowest BCUT2D eigenvalue weighted by molar-refractivity contribution is 0.108. The molecule has 0 heterocycles. The molecule has 0 aliphatic rings. The Morgan fingerprint density at radius 2 is 1.58 bits per heavy atom. The minimum absolute atomic E-state index is 0.459. The van der Waals surface area contributed by atoms with Crippen LogP contribution < -0.4 is 9.47 Å². The first kappa shape index (κ1) is 13.4. The molecule has 3 nitrogen and oxygen atoms in total. The van der Waals surface area contributed by atoms with Crippen LogP contribution in [0.1, 0.15) is 10.4 Å².